The van der Waals surface area contributed by atoms with Gasteiger partial charge in [-0.3, -0.25) is 4.79 Å². The van der Waals surface area contributed by atoms with Crippen molar-refractivity contribution in [3.05, 3.63) is 11.6 Å². The fraction of sp³-hybridized carbons (Fsp3) is 0.700. The highest BCUT2D eigenvalue weighted by Crippen LogP contribution is 2.17. The summed E-state index contributed by atoms with van der Waals surface area (Å²) in [6, 6.07) is 0.0445. The van der Waals surface area contributed by atoms with Gasteiger partial charge in [-0.2, -0.15) is 0 Å². The third kappa shape index (κ3) is 2.56. The monoisotopic (exact) mass is 183 g/mol. The van der Waals surface area contributed by atoms with Gasteiger partial charge in [0.25, 0.3) is 0 Å². The number of carbonyl (C=O) groups excluding carboxylic acids is 1. The topological polar surface area (TPSA) is 40.5 Å². The van der Waals surface area contributed by atoms with Crippen molar-refractivity contribution >= 4 is 5.91 Å². The first-order valence-electron chi connectivity index (χ1n) is 4.71. The minimum absolute atomic E-state index is 0.0385. The van der Waals surface area contributed by atoms with Crippen molar-refractivity contribution in [2.75, 3.05) is 13.2 Å². The van der Waals surface area contributed by atoms with Crippen LogP contribution in [0.5, 0.6) is 0 Å². The molecule has 0 aliphatic carbocycles. The molecule has 3 heteroatoms. The first-order chi connectivity index (χ1) is 6.15. The zero-order valence-corrected chi connectivity index (χ0v) is 8.29. The van der Waals surface area contributed by atoms with Crippen LogP contribution in [0.3, 0.4) is 0 Å². The molecule has 0 aromatic rings. The van der Waals surface area contributed by atoms with Crippen molar-refractivity contribution < 1.29 is 9.90 Å². The molecule has 0 radical (unpaired) electrons. The predicted molar refractivity (Wildman–Crippen MR) is 51.3 cm³/mol. The second-order valence-corrected chi connectivity index (χ2v) is 3.73. The van der Waals surface area contributed by atoms with Gasteiger partial charge >= 0.3 is 0 Å². The lowest BCUT2D eigenvalue weighted by atomic mass is 10.2. The number of likely N-dealkylation sites (tertiary alicyclic amines) is 1. The van der Waals surface area contributed by atoms with Crippen molar-refractivity contribution in [1.29, 1.82) is 0 Å². The summed E-state index contributed by atoms with van der Waals surface area (Å²) in [6.45, 7) is 4.68. The van der Waals surface area contributed by atoms with Crippen molar-refractivity contribution in [3.63, 3.8) is 0 Å². The van der Waals surface area contributed by atoms with Crippen LogP contribution in [0.25, 0.3) is 0 Å². The van der Waals surface area contributed by atoms with Gasteiger partial charge < -0.3 is 10.0 Å². The number of aliphatic hydroxyl groups is 1. The summed E-state index contributed by atoms with van der Waals surface area (Å²) in [7, 11) is 0. The summed E-state index contributed by atoms with van der Waals surface area (Å²) in [4.78, 5) is 13.3. The lowest BCUT2D eigenvalue weighted by Crippen LogP contribution is -2.36. The van der Waals surface area contributed by atoms with Crippen molar-refractivity contribution in [2.24, 2.45) is 0 Å². The number of carbonyl (C=O) groups is 1. The fourth-order valence-electron chi connectivity index (χ4n) is 1.65. The summed E-state index contributed by atoms with van der Waals surface area (Å²) < 4.78 is 0. The molecule has 1 rings (SSSR count). The van der Waals surface area contributed by atoms with E-state index in [4.69, 9.17) is 5.11 Å². The Morgan fingerprint density at radius 3 is 2.85 bits per heavy atom. The van der Waals surface area contributed by atoms with Gasteiger partial charge in [0, 0.05) is 12.6 Å². The molecule has 0 bridgehead atoms. The zero-order chi connectivity index (χ0) is 9.84. The fourth-order valence-corrected chi connectivity index (χ4v) is 1.65. The largest absolute Gasteiger partial charge is 0.394 e. The Morgan fingerprint density at radius 2 is 2.31 bits per heavy atom. The van der Waals surface area contributed by atoms with Gasteiger partial charge in [0.15, 0.2) is 0 Å². The van der Waals surface area contributed by atoms with Crippen LogP contribution in [-0.4, -0.2) is 35.1 Å². The van der Waals surface area contributed by atoms with E-state index in [1.165, 1.54) is 0 Å². The highest BCUT2D eigenvalue weighted by Gasteiger charge is 2.26. The van der Waals surface area contributed by atoms with Crippen molar-refractivity contribution in [3.8, 4) is 0 Å². The lowest BCUT2D eigenvalue weighted by Gasteiger charge is -2.21. The molecule has 1 amide bonds. The maximum Gasteiger partial charge on any atom is 0.246 e. The molecule has 1 aliphatic rings. The number of amides is 1. The van der Waals surface area contributed by atoms with E-state index < -0.39 is 0 Å². The van der Waals surface area contributed by atoms with Crippen LogP contribution in [0.2, 0.25) is 0 Å². The molecular weight excluding hydrogens is 166 g/mol. The third-order valence-electron chi connectivity index (χ3n) is 2.28. The zero-order valence-electron chi connectivity index (χ0n) is 8.29. The number of rotatable bonds is 2. The summed E-state index contributed by atoms with van der Waals surface area (Å²) in [5, 5.41) is 9.00. The van der Waals surface area contributed by atoms with Crippen molar-refractivity contribution in [1.82, 2.24) is 4.90 Å². The molecule has 1 fully saturated rings. The molecule has 1 aliphatic heterocycles. The maximum atomic E-state index is 11.6. The Balaban J connectivity index is 2.60. The van der Waals surface area contributed by atoms with Crippen LogP contribution < -0.4 is 0 Å². The number of hydrogen-bond donors (Lipinski definition) is 1. The minimum Gasteiger partial charge on any atom is -0.394 e. The lowest BCUT2D eigenvalue weighted by molar-refractivity contribution is -0.127. The average molecular weight is 183 g/mol. The van der Waals surface area contributed by atoms with E-state index in [1.807, 2.05) is 13.8 Å². The highest BCUT2D eigenvalue weighted by molar-refractivity contribution is 5.88. The van der Waals surface area contributed by atoms with Gasteiger partial charge in [0.1, 0.15) is 0 Å². The highest BCUT2D eigenvalue weighted by atomic mass is 16.3. The first kappa shape index (κ1) is 10.3. The molecule has 0 aromatic carbocycles. The van der Waals surface area contributed by atoms with Crippen molar-refractivity contribution in [2.45, 2.75) is 32.7 Å². The molecule has 1 heterocycles. The number of allylic oxidation sites excluding steroid dienone is 1. The molecule has 74 valence electrons. The molecule has 0 aromatic heterocycles. The van der Waals surface area contributed by atoms with E-state index >= 15 is 0 Å². The van der Waals surface area contributed by atoms with E-state index in [2.05, 4.69) is 0 Å². The molecule has 3 nitrogen and oxygen atoms in total. The Bertz CT molecular complexity index is 219. The Labute approximate surface area is 79.0 Å². The van der Waals surface area contributed by atoms with E-state index in [0.29, 0.717) is 0 Å². The van der Waals surface area contributed by atoms with E-state index in [1.54, 1.807) is 11.0 Å². The van der Waals surface area contributed by atoms with Crippen LogP contribution in [0, 0.1) is 0 Å². The van der Waals surface area contributed by atoms with Crippen LogP contribution >= 0.6 is 0 Å². The number of hydrogen-bond acceptors (Lipinski definition) is 2. The van der Waals surface area contributed by atoms with Crippen LogP contribution in [0.1, 0.15) is 26.7 Å². The molecule has 1 atom stereocenters. The van der Waals surface area contributed by atoms with Crippen LogP contribution in [-0.2, 0) is 4.79 Å². The predicted octanol–water partition coefficient (Wildman–Crippen LogP) is 0.936. The summed E-state index contributed by atoms with van der Waals surface area (Å²) in [5.41, 5.74) is 1.01. The maximum absolute atomic E-state index is 11.6. The van der Waals surface area contributed by atoms with Gasteiger partial charge in [-0.05, 0) is 26.7 Å². The molecule has 0 unspecified atom stereocenters. The second-order valence-electron chi connectivity index (χ2n) is 3.73. The van der Waals surface area contributed by atoms with Gasteiger partial charge in [-0.15, -0.1) is 0 Å². The molecular formula is C10H17NO2. The standard InChI is InChI=1S/C10H17NO2/c1-8(2)6-10(13)11-5-3-4-9(11)7-12/h6,9,12H,3-5,7H2,1-2H3/t9-/m0/s1. The van der Waals surface area contributed by atoms with Gasteiger partial charge in [0.05, 0.1) is 12.6 Å². The van der Waals surface area contributed by atoms with Crippen LogP contribution in [0.15, 0.2) is 11.6 Å². The molecule has 0 spiro atoms. The van der Waals surface area contributed by atoms with E-state index in [-0.39, 0.29) is 18.6 Å². The molecule has 1 N–H and O–H groups in total. The minimum atomic E-state index is 0.0385. The number of nitrogens with zero attached hydrogens (tertiary/aromatic N) is 1. The quantitative estimate of drug-likeness (QED) is 0.647. The van der Waals surface area contributed by atoms with Gasteiger partial charge in [-0.25, -0.2) is 0 Å². The van der Waals surface area contributed by atoms with E-state index in [0.717, 1.165) is 25.0 Å². The summed E-state index contributed by atoms with van der Waals surface area (Å²) >= 11 is 0. The van der Waals surface area contributed by atoms with Crippen LogP contribution in [0.4, 0.5) is 0 Å². The van der Waals surface area contributed by atoms with E-state index in [9.17, 15) is 4.79 Å². The Hall–Kier alpha value is -0.830. The Kier molecular flexibility index (Phi) is 3.48. The molecule has 13 heavy (non-hydrogen) atoms. The molecule has 0 saturated carbocycles. The first-order valence-corrected chi connectivity index (χ1v) is 4.71. The SMILES string of the molecule is CC(C)=CC(=O)N1CCC[C@H]1CO. The number of aliphatic hydroxyl groups excluding tert-OH is 1. The van der Waals surface area contributed by atoms with Gasteiger partial charge in [0.2, 0.25) is 5.91 Å². The average Bonchev–Trinajstić information content (AvgIpc) is 2.49. The third-order valence-corrected chi connectivity index (χ3v) is 2.28. The summed E-state index contributed by atoms with van der Waals surface area (Å²) in [6.07, 6.45) is 3.57. The molecule has 1 saturated heterocycles. The Morgan fingerprint density at radius 1 is 1.62 bits per heavy atom. The van der Waals surface area contributed by atoms with Gasteiger partial charge in [-0.1, -0.05) is 5.57 Å². The second kappa shape index (κ2) is 4.42. The normalized spacial score (nSPS) is 21.8. The summed E-state index contributed by atoms with van der Waals surface area (Å²) in [5.74, 6) is 0.0385. The smallest absolute Gasteiger partial charge is 0.246 e.